The Labute approximate surface area is 156 Å². The summed E-state index contributed by atoms with van der Waals surface area (Å²) in [4.78, 5) is 14.6. The van der Waals surface area contributed by atoms with Crippen LogP contribution in [0.4, 0.5) is 11.4 Å². The Morgan fingerprint density at radius 1 is 0.962 bits per heavy atom. The van der Waals surface area contributed by atoms with Crippen LogP contribution in [0.3, 0.4) is 0 Å². The fourth-order valence-corrected chi connectivity index (χ4v) is 3.40. The lowest BCUT2D eigenvalue weighted by atomic mass is 10.1. The van der Waals surface area contributed by atoms with E-state index < -0.39 is 0 Å². The minimum Gasteiger partial charge on any atom is -0.372 e. The van der Waals surface area contributed by atoms with E-state index in [1.807, 2.05) is 30.3 Å². The number of anilines is 2. The summed E-state index contributed by atoms with van der Waals surface area (Å²) in [5, 5.41) is 6.24. The van der Waals surface area contributed by atoms with Crippen LogP contribution < -0.4 is 15.5 Å². The van der Waals surface area contributed by atoms with Gasteiger partial charge in [-0.25, -0.2) is 0 Å². The SMILES string of the molecule is C[C@@H](NCC(=O)Nc1ccc(N2CCCCCC2)cc1)c1ccccc1. The van der Waals surface area contributed by atoms with E-state index in [0.29, 0.717) is 6.54 Å². The number of benzene rings is 2. The highest BCUT2D eigenvalue weighted by molar-refractivity contribution is 5.92. The summed E-state index contributed by atoms with van der Waals surface area (Å²) >= 11 is 0. The molecular formula is C22H29N3O. The second-order valence-electron chi connectivity index (χ2n) is 7.01. The predicted molar refractivity (Wildman–Crippen MR) is 109 cm³/mol. The van der Waals surface area contributed by atoms with Gasteiger partial charge in [0.25, 0.3) is 0 Å². The number of hydrogen-bond acceptors (Lipinski definition) is 3. The molecule has 4 heteroatoms. The number of amides is 1. The van der Waals surface area contributed by atoms with Gasteiger partial charge in [0.1, 0.15) is 0 Å². The summed E-state index contributed by atoms with van der Waals surface area (Å²) in [6.45, 7) is 4.63. The van der Waals surface area contributed by atoms with Gasteiger partial charge in [-0.05, 0) is 49.6 Å². The first-order valence-electron chi connectivity index (χ1n) is 9.65. The fourth-order valence-electron chi connectivity index (χ4n) is 3.40. The van der Waals surface area contributed by atoms with E-state index >= 15 is 0 Å². The normalized spacial score (nSPS) is 16.0. The summed E-state index contributed by atoms with van der Waals surface area (Å²) in [5.41, 5.74) is 3.28. The van der Waals surface area contributed by atoms with Crippen molar-refractivity contribution in [1.82, 2.24) is 5.32 Å². The van der Waals surface area contributed by atoms with Gasteiger partial charge in [-0.15, -0.1) is 0 Å². The van der Waals surface area contributed by atoms with Crippen LogP contribution in [-0.4, -0.2) is 25.5 Å². The van der Waals surface area contributed by atoms with Crippen LogP contribution in [0.15, 0.2) is 54.6 Å². The third-order valence-electron chi connectivity index (χ3n) is 4.99. The van der Waals surface area contributed by atoms with E-state index in [4.69, 9.17) is 0 Å². The standard InChI is InChI=1S/C22H29N3O/c1-18(19-9-5-4-6-10-19)23-17-22(26)24-20-11-13-21(14-12-20)25-15-7-2-3-8-16-25/h4-6,9-14,18,23H,2-3,7-8,15-17H2,1H3,(H,24,26)/t18-/m1/s1. The van der Waals surface area contributed by atoms with Gasteiger partial charge >= 0.3 is 0 Å². The van der Waals surface area contributed by atoms with Gasteiger partial charge in [-0.3, -0.25) is 4.79 Å². The molecule has 4 nitrogen and oxygen atoms in total. The molecule has 0 unspecified atom stereocenters. The summed E-state index contributed by atoms with van der Waals surface area (Å²) in [6, 6.07) is 18.5. The second-order valence-corrected chi connectivity index (χ2v) is 7.01. The molecule has 1 saturated heterocycles. The van der Waals surface area contributed by atoms with E-state index in [2.05, 4.69) is 46.7 Å². The zero-order chi connectivity index (χ0) is 18.2. The number of nitrogens with one attached hydrogen (secondary N) is 2. The average molecular weight is 351 g/mol. The van der Waals surface area contributed by atoms with Crippen molar-refractivity contribution in [3.63, 3.8) is 0 Å². The Morgan fingerprint density at radius 2 is 1.62 bits per heavy atom. The molecule has 0 aromatic heterocycles. The molecule has 138 valence electrons. The molecule has 1 aliphatic heterocycles. The molecule has 1 atom stereocenters. The maximum Gasteiger partial charge on any atom is 0.238 e. The highest BCUT2D eigenvalue weighted by Gasteiger charge is 2.11. The van der Waals surface area contributed by atoms with Crippen LogP contribution >= 0.6 is 0 Å². The van der Waals surface area contributed by atoms with Crippen LogP contribution in [-0.2, 0) is 4.79 Å². The van der Waals surface area contributed by atoms with Crippen molar-refractivity contribution in [3.05, 3.63) is 60.2 Å². The molecule has 1 aliphatic rings. The van der Waals surface area contributed by atoms with Crippen molar-refractivity contribution >= 4 is 17.3 Å². The van der Waals surface area contributed by atoms with Crippen molar-refractivity contribution in [2.24, 2.45) is 0 Å². The number of carbonyl (C=O) groups is 1. The van der Waals surface area contributed by atoms with Gasteiger partial charge in [0.15, 0.2) is 0 Å². The minimum atomic E-state index is -0.0182. The lowest BCUT2D eigenvalue weighted by Crippen LogP contribution is -2.30. The van der Waals surface area contributed by atoms with Crippen LogP contribution in [0.5, 0.6) is 0 Å². The molecule has 0 bridgehead atoms. The first kappa shape index (κ1) is 18.5. The van der Waals surface area contributed by atoms with Crippen molar-refractivity contribution in [1.29, 1.82) is 0 Å². The zero-order valence-corrected chi connectivity index (χ0v) is 15.6. The molecule has 0 aliphatic carbocycles. The Morgan fingerprint density at radius 3 is 2.27 bits per heavy atom. The quantitative estimate of drug-likeness (QED) is 0.813. The monoisotopic (exact) mass is 351 g/mol. The molecule has 0 saturated carbocycles. The fraction of sp³-hybridized carbons (Fsp3) is 0.409. The molecule has 0 spiro atoms. The van der Waals surface area contributed by atoms with Crippen LogP contribution in [0, 0.1) is 0 Å². The summed E-state index contributed by atoms with van der Waals surface area (Å²) in [5.74, 6) is -0.0182. The van der Waals surface area contributed by atoms with Crippen molar-refractivity contribution < 1.29 is 4.79 Å². The van der Waals surface area contributed by atoms with E-state index in [0.717, 1.165) is 18.8 Å². The first-order chi connectivity index (χ1) is 12.7. The number of hydrogen-bond donors (Lipinski definition) is 2. The second kappa shape index (κ2) is 9.39. The van der Waals surface area contributed by atoms with E-state index in [-0.39, 0.29) is 11.9 Å². The maximum atomic E-state index is 12.2. The minimum absolute atomic E-state index is 0.0182. The molecular weight excluding hydrogens is 322 g/mol. The highest BCUT2D eigenvalue weighted by atomic mass is 16.1. The Kier molecular flexibility index (Phi) is 6.67. The van der Waals surface area contributed by atoms with E-state index in [1.165, 1.54) is 36.9 Å². The third kappa shape index (κ3) is 5.33. The van der Waals surface area contributed by atoms with Crippen LogP contribution in [0.1, 0.15) is 44.2 Å². The van der Waals surface area contributed by atoms with E-state index in [9.17, 15) is 4.79 Å². The smallest absolute Gasteiger partial charge is 0.238 e. The van der Waals surface area contributed by atoms with E-state index in [1.54, 1.807) is 0 Å². The number of carbonyl (C=O) groups excluding carboxylic acids is 1. The first-order valence-corrected chi connectivity index (χ1v) is 9.65. The summed E-state index contributed by atoms with van der Waals surface area (Å²) in [6.07, 6.45) is 5.20. The van der Waals surface area contributed by atoms with Gasteiger partial charge < -0.3 is 15.5 Å². The maximum absolute atomic E-state index is 12.2. The zero-order valence-electron chi connectivity index (χ0n) is 15.6. The molecule has 2 N–H and O–H groups in total. The predicted octanol–water partition coefficient (Wildman–Crippen LogP) is 4.36. The largest absolute Gasteiger partial charge is 0.372 e. The molecule has 1 amide bonds. The van der Waals surface area contributed by atoms with Gasteiger partial charge in [0.05, 0.1) is 6.54 Å². The van der Waals surface area contributed by atoms with Crippen molar-refractivity contribution in [3.8, 4) is 0 Å². The number of nitrogens with zero attached hydrogens (tertiary/aromatic N) is 1. The molecule has 2 aromatic rings. The lowest BCUT2D eigenvalue weighted by Gasteiger charge is -2.22. The van der Waals surface area contributed by atoms with Crippen LogP contribution in [0.2, 0.25) is 0 Å². The average Bonchev–Trinajstić information content (AvgIpc) is 2.97. The summed E-state index contributed by atoms with van der Waals surface area (Å²) < 4.78 is 0. The Hall–Kier alpha value is -2.33. The highest BCUT2D eigenvalue weighted by Crippen LogP contribution is 2.21. The topological polar surface area (TPSA) is 44.4 Å². The van der Waals surface area contributed by atoms with Gasteiger partial charge in [0, 0.05) is 30.5 Å². The summed E-state index contributed by atoms with van der Waals surface area (Å²) in [7, 11) is 0. The molecule has 3 rings (SSSR count). The Balaban J connectivity index is 1.48. The Bertz CT molecular complexity index is 676. The third-order valence-corrected chi connectivity index (χ3v) is 4.99. The molecule has 1 heterocycles. The van der Waals surface area contributed by atoms with Gasteiger partial charge in [0.2, 0.25) is 5.91 Å². The van der Waals surface area contributed by atoms with Crippen LogP contribution in [0.25, 0.3) is 0 Å². The molecule has 1 fully saturated rings. The lowest BCUT2D eigenvalue weighted by molar-refractivity contribution is -0.115. The van der Waals surface area contributed by atoms with Crippen molar-refractivity contribution in [2.75, 3.05) is 29.9 Å². The molecule has 26 heavy (non-hydrogen) atoms. The molecule has 2 aromatic carbocycles. The van der Waals surface area contributed by atoms with Gasteiger partial charge in [-0.2, -0.15) is 0 Å². The number of rotatable bonds is 6. The van der Waals surface area contributed by atoms with Crippen molar-refractivity contribution in [2.45, 2.75) is 38.6 Å². The van der Waals surface area contributed by atoms with Gasteiger partial charge in [-0.1, -0.05) is 43.2 Å². The molecule has 0 radical (unpaired) electrons.